The van der Waals surface area contributed by atoms with Crippen LogP contribution in [-0.2, 0) is 0 Å². The van der Waals surface area contributed by atoms with Crippen LogP contribution in [0.4, 0.5) is 0 Å². The minimum absolute atomic E-state index is 0.164. The molecule has 4 aromatic rings. The molecule has 0 radical (unpaired) electrons. The first-order valence-electron chi connectivity index (χ1n) is 8.82. The number of aromatic amines is 1. The molecule has 0 amide bonds. The second-order valence-electron chi connectivity index (χ2n) is 6.51. The molecule has 3 aromatic carbocycles. The number of fused-ring (bicyclic) bond motifs is 1. The molecule has 0 spiro atoms. The fourth-order valence-electron chi connectivity index (χ4n) is 3.27. The zero-order valence-electron chi connectivity index (χ0n) is 15.2. The first-order valence-corrected chi connectivity index (χ1v) is 8.82. The monoisotopic (exact) mass is 353 g/mol. The highest BCUT2D eigenvalue weighted by Crippen LogP contribution is 2.29. The molecule has 1 N–H and O–H groups in total. The SMILES string of the molecule is COc1ccc(-c2ccc(C(C)c3nc4ccccc4[nH]3)cc2)cc1C#N. The average molecular weight is 353 g/mol. The van der Waals surface area contributed by atoms with Gasteiger partial charge in [0.15, 0.2) is 0 Å². The number of methoxy groups -OCH3 is 1. The van der Waals surface area contributed by atoms with Crippen LogP contribution in [0.2, 0.25) is 0 Å². The zero-order valence-corrected chi connectivity index (χ0v) is 15.2. The molecular weight excluding hydrogens is 334 g/mol. The van der Waals surface area contributed by atoms with Gasteiger partial charge < -0.3 is 9.72 Å². The Morgan fingerprint density at radius 3 is 2.44 bits per heavy atom. The molecule has 0 aliphatic heterocycles. The van der Waals surface area contributed by atoms with Crippen LogP contribution in [0.1, 0.15) is 29.8 Å². The van der Waals surface area contributed by atoms with Gasteiger partial charge in [-0.15, -0.1) is 0 Å². The molecule has 4 heteroatoms. The van der Waals surface area contributed by atoms with Crippen LogP contribution in [0, 0.1) is 11.3 Å². The highest BCUT2D eigenvalue weighted by atomic mass is 16.5. The number of imidazole rings is 1. The summed E-state index contributed by atoms with van der Waals surface area (Å²) in [6.07, 6.45) is 0. The van der Waals surface area contributed by atoms with Gasteiger partial charge in [0.2, 0.25) is 0 Å². The summed E-state index contributed by atoms with van der Waals surface area (Å²) in [5, 5.41) is 9.28. The smallest absolute Gasteiger partial charge is 0.136 e. The molecule has 132 valence electrons. The van der Waals surface area contributed by atoms with Crippen molar-refractivity contribution in [2.45, 2.75) is 12.8 Å². The Labute approximate surface area is 158 Å². The van der Waals surface area contributed by atoms with E-state index in [0.29, 0.717) is 11.3 Å². The van der Waals surface area contributed by atoms with E-state index in [9.17, 15) is 5.26 Å². The van der Waals surface area contributed by atoms with Gasteiger partial charge in [-0.2, -0.15) is 5.26 Å². The van der Waals surface area contributed by atoms with Crippen molar-refractivity contribution in [1.82, 2.24) is 9.97 Å². The predicted octanol–water partition coefficient (Wildman–Crippen LogP) is 5.26. The topological polar surface area (TPSA) is 61.7 Å². The Bertz CT molecular complexity index is 1100. The van der Waals surface area contributed by atoms with Gasteiger partial charge >= 0.3 is 0 Å². The van der Waals surface area contributed by atoms with E-state index in [1.165, 1.54) is 5.56 Å². The molecular formula is C23H19N3O. The van der Waals surface area contributed by atoms with Crippen molar-refractivity contribution < 1.29 is 4.74 Å². The Morgan fingerprint density at radius 2 is 1.74 bits per heavy atom. The molecule has 4 rings (SSSR count). The fraction of sp³-hybridized carbons (Fsp3) is 0.130. The summed E-state index contributed by atoms with van der Waals surface area (Å²) in [5.74, 6) is 1.72. The first-order chi connectivity index (χ1) is 13.2. The van der Waals surface area contributed by atoms with Crippen LogP contribution in [0.3, 0.4) is 0 Å². The van der Waals surface area contributed by atoms with E-state index in [1.54, 1.807) is 7.11 Å². The Balaban J connectivity index is 1.63. The third-order valence-corrected chi connectivity index (χ3v) is 4.88. The van der Waals surface area contributed by atoms with Crippen LogP contribution in [0.5, 0.6) is 5.75 Å². The van der Waals surface area contributed by atoms with Gasteiger partial charge in [-0.3, -0.25) is 0 Å². The number of ether oxygens (including phenoxy) is 1. The van der Waals surface area contributed by atoms with E-state index in [2.05, 4.69) is 42.2 Å². The number of nitrogens with one attached hydrogen (secondary N) is 1. The average Bonchev–Trinajstić information content (AvgIpc) is 3.17. The maximum Gasteiger partial charge on any atom is 0.136 e. The third kappa shape index (κ3) is 3.16. The van der Waals surface area contributed by atoms with Crippen molar-refractivity contribution in [3.8, 4) is 22.9 Å². The second-order valence-corrected chi connectivity index (χ2v) is 6.51. The molecule has 0 fully saturated rings. The maximum absolute atomic E-state index is 9.28. The third-order valence-electron chi connectivity index (χ3n) is 4.88. The van der Waals surface area contributed by atoms with Gasteiger partial charge in [-0.25, -0.2) is 4.98 Å². The van der Waals surface area contributed by atoms with Crippen molar-refractivity contribution in [2.24, 2.45) is 0 Å². The van der Waals surface area contributed by atoms with Crippen LogP contribution in [0.15, 0.2) is 66.7 Å². The van der Waals surface area contributed by atoms with Crippen molar-refractivity contribution in [1.29, 1.82) is 5.26 Å². The minimum Gasteiger partial charge on any atom is -0.495 e. The van der Waals surface area contributed by atoms with Crippen molar-refractivity contribution in [3.05, 3.63) is 83.7 Å². The molecule has 4 nitrogen and oxygen atoms in total. The number of aromatic nitrogens is 2. The van der Waals surface area contributed by atoms with Crippen molar-refractivity contribution in [2.75, 3.05) is 7.11 Å². The summed E-state index contributed by atoms with van der Waals surface area (Å²) in [6.45, 7) is 2.15. The molecule has 0 saturated carbocycles. The van der Waals surface area contributed by atoms with E-state index in [0.717, 1.165) is 28.0 Å². The van der Waals surface area contributed by atoms with Gasteiger partial charge in [0.05, 0.1) is 23.7 Å². The van der Waals surface area contributed by atoms with Crippen LogP contribution in [-0.4, -0.2) is 17.1 Å². The largest absolute Gasteiger partial charge is 0.495 e. The molecule has 1 aromatic heterocycles. The summed E-state index contributed by atoms with van der Waals surface area (Å²) >= 11 is 0. The number of benzene rings is 3. The van der Waals surface area contributed by atoms with Gasteiger partial charge in [-0.1, -0.05) is 49.4 Å². The van der Waals surface area contributed by atoms with Crippen LogP contribution >= 0.6 is 0 Å². The first kappa shape index (κ1) is 16.9. The van der Waals surface area contributed by atoms with E-state index >= 15 is 0 Å². The van der Waals surface area contributed by atoms with Gasteiger partial charge in [-0.05, 0) is 41.0 Å². The lowest BCUT2D eigenvalue weighted by molar-refractivity contribution is 0.413. The Kier molecular flexibility index (Phi) is 4.35. The van der Waals surface area contributed by atoms with Crippen molar-refractivity contribution >= 4 is 11.0 Å². The summed E-state index contributed by atoms with van der Waals surface area (Å²) < 4.78 is 5.22. The number of nitrogens with zero attached hydrogens (tertiary/aromatic N) is 2. The predicted molar refractivity (Wildman–Crippen MR) is 107 cm³/mol. The summed E-state index contributed by atoms with van der Waals surface area (Å²) in [7, 11) is 1.57. The number of hydrogen-bond donors (Lipinski definition) is 1. The molecule has 1 atom stereocenters. The van der Waals surface area contributed by atoms with E-state index in [-0.39, 0.29) is 5.92 Å². The van der Waals surface area contributed by atoms with E-state index in [1.807, 2.05) is 42.5 Å². The van der Waals surface area contributed by atoms with E-state index in [4.69, 9.17) is 9.72 Å². The number of nitriles is 1. The second kappa shape index (κ2) is 6.97. The molecule has 0 bridgehead atoms. The molecule has 0 saturated heterocycles. The summed E-state index contributed by atoms with van der Waals surface area (Å²) in [6, 6.07) is 24.3. The number of hydrogen-bond acceptors (Lipinski definition) is 3. The lowest BCUT2D eigenvalue weighted by Gasteiger charge is -2.11. The quantitative estimate of drug-likeness (QED) is 0.544. The number of H-pyrrole nitrogens is 1. The standard InChI is InChI=1S/C23H19N3O/c1-15(23-25-20-5-3-4-6-21(20)26-23)16-7-9-17(10-8-16)18-11-12-22(27-2)19(13-18)14-24/h3-13,15H,1-2H3,(H,25,26). The number of rotatable bonds is 4. The van der Waals surface area contributed by atoms with Crippen LogP contribution < -0.4 is 4.74 Å². The highest BCUT2D eigenvalue weighted by Gasteiger charge is 2.13. The maximum atomic E-state index is 9.28. The Morgan fingerprint density at radius 1 is 1.00 bits per heavy atom. The van der Waals surface area contributed by atoms with Gasteiger partial charge in [0.1, 0.15) is 17.6 Å². The lowest BCUT2D eigenvalue weighted by atomic mass is 9.96. The van der Waals surface area contributed by atoms with Crippen LogP contribution in [0.25, 0.3) is 22.2 Å². The lowest BCUT2D eigenvalue weighted by Crippen LogP contribution is -1.98. The Hall–Kier alpha value is -3.58. The normalized spacial score (nSPS) is 11.9. The zero-order chi connectivity index (χ0) is 18.8. The van der Waals surface area contributed by atoms with Crippen molar-refractivity contribution in [3.63, 3.8) is 0 Å². The molecule has 0 aliphatic carbocycles. The van der Waals surface area contributed by atoms with E-state index < -0.39 is 0 Å². The molecule has 27 heavy (non-hydrogen) atoms. The fourth-order valence-corrected chi connectivity index (χ4v) is 3.27. The molecule has 1 unspecified atom stereocenters. The van der Waals surface area contributed by atoms with Gasteiger partial charge in [0, 0.05) is 5.92 Å². The number of para-hydroxylation sites is 2. The highest BCUT2D eigenvalue weighted by molar-refractivity contribution is 5.75. The summed E-state index contributed by atoms with van der Waals surface area (Å²) in [4.78, 5) is 8.11. The summed E-state index contributed by atoms with van der Waals surface area (Å²) in [5.41, 5.74) is 5.82. The van der Waals surface area contributed by atoms with Gasteiger partial charge in [0.25, 0.3) is 0 Å². The molecule has 0 aliphatic rings. The molecule has 1 heterocycles. The minimum atomic E-state index is 0.164.